The molecular formula is C34H38N6O3. The number of primary amides is 1. The number of rotatable bonds is 10. The largest absolute Gasteiger partial charge is 0.377 e. The molecule has 43 heavy (non-hydrogen) atoms. The number of hydrogen-bond donors (Lipinski definition) is 1. The predicted molar refractivity (Wildman–Crippen MR) is 163 cm³/mol. The van der Waals surface area contributed by atoms with E-state index >= 15 is 0 Å². The number of nitrogens with two attached hydrogens (primary N) is 1. The highest BCUT2D eigenvalue weighted by Gasteiger charge is 2.43. The maximum Gasteiger partial charge on any atom is 0.259 e. The van der Waals surface area contributed by atoms with Gasteiger partial charge in [-0.25, -0.2) is 4.52 Å². The maximum absolute atomic E-state index is 14.3. The molecule has 0 spiro atoms. The molecule has 6 rings (SSSR count). The van der Waals surface area contributed by atoms with E-state index in [0.29, 0.717) is 24.4 Å². The zero-order chi connectivity index (χ0) is 30.0. The number of benzene rings is 2. The van der Waals surface area contributed by atoms with Crippen LogP contribution < -0.4 is 11.3 Å². The normalized spacial score (nSPS) is 19.5. The number of nitrogens with zero attached hydrogens (tertiary/aromatic N) is 5. The summed E-state index contributed by atoms with van der Waals surface area (Å²) in [4.78, 5) is 30.8. The lowest BCUT2D eigenvalue weighted by molar-refractivity contribution is -0.141. The smallest absolute Gasteiger partial charge is 0.259 e. The zero-order valence-electron chi connectivity index (χ0n) is 24.7. The molecule has 1 amide bonds. The van der Waals surface area contributed by atoms with Crippen molar-refractivity contribution in [1.82, 2.24) is 19.2 Å². The topological polar surface area (TPSA) is 128 Å². The molecule has 9 heteroatoms. The van der Waals surface area contributed by atoms with Crippen LogP contribution in [0.5, 0.6) is 0 Å². The predicted octanol–water partition coefficient (Wildman–Crippen LogP) is 5.13. The molecule has 0 saturated heterocycles. The van der Waals surface area contributed by atoms with Crippen LogP contribution in [0.2, 0.25) is 0 Å². The molecule has 0 aliphatic heterocycles. The van der Waals surface area contributed by atoms with Gasteiger partial charge in [0.2, 0.25) is 11.7 Å². The first-order chi connectivity index (χ1) is 20.9. The first-order valence-electron chi connectivity index (χ1n) is 15.4. The van der Waals surface area contributed by atoms with Gasteiger partial charge in [-0.2, -0.15) is 15.3 Å². The van der Waals surface area contributed by atoms with Crippen molar-refractivity contribution in [2.24, 2.45) is 11.1 Å². The highest BCUT2D eigenvalue weighted by Crippen LogP contribution is 2.42. The maximum atomic E-state index is 14.3. The van der Waals surface area contributed by atoms with Gasteiger partial charge >= 0.3 is 0 Å². The van der Waals surface area contributed by atoms with E-state index in [2.05, 4.69) is 23.1 Å². The highest BCUT2D eigenvalue weighted by molar-refractivity contribution is 5.81. The Morgan fingerprint density at radius 1 is 1.12 bits per heavy atom. The lowest BCUT2D eigenvalue weighted by Gasteiger charge is -2.40. The summed E-state index contributed by atoms with van der Waals surface area (Å²) in [5.74, 6) is 0.335. The molecule has 2 aromatic carbocycles. The van der Waals surface area contributed by atoms with Crippen molar-refractivity contribution in [2.45, 2.75) is 83.3 Å². The molecule has 0 radical (unpaired) electrons. The Kier molecular flexibility index (Phi) is 8.13. The van der Waals surface area contributed by atoms with Crippen molar-refractivity contribution in [3.8, 4) is 17.2 Å². The van der Waals surface area contributed by atoms with E-state index in [1.54, 1.807) is 0 Å². The molecule has 2 aliphatic rings. The average molecular weight is 579 g/mol. The number of hydrogen-bond acceptors (Lipinski definition) is 6. The van der Waals surface area contributed by atoms with Crippen LogP contribution in [0.3, 0.4) is 0 Å². The van der Waals surface area contributed by atoms with Crippen LogP contribution in [0.15, 0.2) is 59.7 Å². The molecular weight excluding hydrogens is 540 g/mol. The number of nitriles is 1. The number of amides is 1. The number of ether oxygens (including phenoxy) is 1. The SMILES string of the molecule is CCCc1c(Cc2ccc(-c3ccccc3C#N)cc2)c(=O)n(C2CCC(OCC3(C(N)=O)CCC3)CC2)c2ncnn12. The van der Waals surface area contributed by atoms with Crippen LogP contribution in [0.4, 0.5) is 0 Å². The second kappa shape index (κ2) is 12.1. The molecule has 9 nitrogen and oxygen atoms in total. The third-order valence-corrected chi connectivity index (χ3v) is 9.44. The lowest BCUT2D eigenvalue weighted by Crippen LogP contribution is -2.47. The summed E-state index contributed by atoms with van der Waals surface area (Å²) < 4.78 is 9.92. The Bertz CT molecular complexity index is 1720. The summed E-state index contributed by atoms with van der Waals surface area (Å²) in [7, 11) is 0. The van der Waals surface area contributed by atoms with Crippen LogP contribution in [-0.4, -0.2) is 37.8 Å². The Morgan fingerprint density at radius 2 is 1.86 bits per heavy atom. The highest BCUT2D eigenvalue weighted by atomic mass is 16.5. The third-order valence-electron chi connectivity index (χ3n) is 9.44. The van der Waals surface area contributed by atoms with Gasteiger partial charge in [0.15, 0.2) is 0 Å². The van der Waals surface area contributed by atoms with Crippen molar-refractivity contribution in [3.05, 3.63) is 87.6 Å². The number of aromatic nitrogens is 4. The minimum Gasteiger partial charge on any atom is -0.377 e. The van der Waals surface area contributed by atoms with E-state index in [1.165, 1.54) is 6.33 Å². The molecule has 0 atom stereocenters. The lowest BCUT2D eigenvalue weighted by atomic mass is 9.69. The Morgan fingerprint density at radius 3 is 2.51 bits per heavy atom. The van der Waals surface area contributed by atoms with E-state index in [0.717, 1.165) is 85.7 Å². The molecule has 2 aromatic heterocycles. The molecule has 2 saturated carbocycles. The molecule has 2 fully saturated rings. The number of carbonyl (C=O) groups is 1. The van der Waals surface area contributed by atoms with E-state index < -0.39 is 5.41 Å². The van der Waals surface area contributed by atoms with Crippen molar-refractivity contribution in [2.75, 3.05) is 6.61 Å². The Hall–Kier alpha value is -4.29. The van der Waals surface area contributed by atoms with Crippen molar-refractivity contribution in [1.29, 1.82) is 5.26 Å². The van der Waals surface area contributed by atoms with Crippen LogP contribution >= 0.6 is 0 Å². The summed E-state index contributed by atoms with van der Waals surface area (Å²) in [6.07, 6.45) is 9.50. The average Bonchev–Trinajstić information content (AvgIpc) is 3.48. The van der Waals surface area contributed by atoms with Gasteiger partial charge in [0.25, 0.3) is 5.56 Å². The quantitative estimate of drug-likeness (QED) is 0.278. The first-order valence-corrected chi connectivity index (χ1v) is 15.4. The van der Waals surface area contributed by atoms with Gasteiger partial charge in [-0.05, 0) is 67.7 Å². The number of carbonyl (C=O) groups excluding carboxylic acids is 1. The van der Waals surface area contributed by atoms with Gasteiger partial charge < -0.3 is 10.5 Å². The van der Waals surface area contributed by atoms with Gasteiger partial charge in [0.05, 0.1) is 35.5 Å². The van der Waals surface area contributed by atoms with Gasteiger partial charge in [-0.15, -0.1) is 0 Å². The van der Waals surface area contributed by atoms with Crippen LogP contribution in [0.1, 0.15) is 86.7 Å². The summed E-state index contributed by atoms with van der Waals surface area (Å²) in [5, 5.41) is 14.1. The fourth-order valence-electron chi connectivity index (χ4n) is 6.73. The van der Waals surface area contributed by atoms with Crippen molar-refractivity contribution < 1.29 is 9.53 Å². The molecule has 0 bridgehead atoms. The van der Waals surface area contributed by atoms with Crippen LogP contribution in [-0.2, 0) is 22.4 Å². The first kappa shape index (κ1) is 28.8. The Labute approximate surface area is 251 Å². The molecule has 2 heterocycles. The Balaban J connectivity index is 1.26. The minimum atomic E-state index is -0.497. The second-order valence-electron chi connectivity index (χ2n) is 12.1. The van der Waals surface area contributed by atoms with Gasteiger partial charge in [-0.1, -0.05) is 62.2 Å². The molecule has 4 aromatic rings. The van der Waals surface area contributed by atoms with E-state index in [4.69, 9.17) is 10.5 Å². The zero-order valence-corrected chi connectivity index (χ0v) is 24.7. The standard InChI is InChI=1S/C34H38N6O3/c1-2-6-30-29(19-23-9-11-24(12-10-23)28-8-4-3-7-25(28)20-35)31(41)39(33-37-22-38-40(30)33)26-13-15-27(16-14-26)43-21-34(32(36)42)17-5-18-34/h3-4,7-12,22,26-27H,2,5-6,13-19,21H2,1H3,(H2,36,42). The minimum absolute atomic E-state index is 0.00521. The fourth-order valence-corrected chi connectivity index (χ4v) is 6.73. The molecule has 2 aliphatic carbocycles. The van der Waals surface area contributed by atoms with Gasteiger partial charge in [0.1, 0.15) is 6.33 Å². The summed E-state index contributed by atoms with van der Waals surface area (Å²) in [6.45, 7) is 2.50. The summed E-state index contributed by atoms with van der Waals surface area (Å²) in [5.41, 5.74) is 10.3. The summed E-state index contributed by atoms with van der Waals surface area (Å²) >= 11 is 0. The molecule has 222 valence electrons. The third kappa shape index (κ3) is 5.48. The van der Waals surface area contributed by atoms with E-state index in [1.807, 2.05) is 57.6 Å². The number of fused-ring (bicyclic) bond motifs is 1. The van der Waals surface area contributed by atoms with Crippen molar-refractivity contribution in [3.63, 3.8) is 0 Å². The van der Waals surface area contributed by atoms with Gasteiger partial charge in [-0.3, -0.25) is 14.2 Å². The van der Waals surface area contributed by atoms with Gasteiger partial charge in [0, 0.05) is 18.0 Å². The van der Waals surface area contributed by atoms with E-state index in [-0.39, 0.29) is 23.6 Å². The van der Waals surface area contributed by atoms with Crippen LogP contribution in [0, 0.1) is 16.7 Å². The molecule has 2 N–H and O–H groups in total. The number of aryl methyl sites for hydroxylation is 1. The summed E-state index contributed by atoms with van der Waals surface area (Å²) in [6, 6.07) is 17.9. The fraction of sp³-hybridized carbons (Fsp3) is 0.441. The van der Waals surface area contributed by atoms with Crippen LogP contribution in [0.25, 0.3) is 16.9 Å². The van der Waals surface area contributed by atoms with Crippen molar-refractivity contribution >= 4 is 11.7 Å². The molecule has 0 unspecified atom stereocenters. The monoisotopic (exact) mass is 578 g/mol. The second-order valence-corrected chi connectivity index (χ2v) is 12.1. The van der Waals surface area contributed by atoms with E-state index in [9.17, 15) is 14.9 Å².